The number of aliphatic hydroxyl groups is 1. The highest BCUT2D eigenvalue weighted by atomic mass is 19.4. The van der Waals surface area contributed by atoms with Gasteiger partial charge in [-0.2, -0.15) is 22.0 Å². The number of carbonyl (C=O) groups excluding carboxylic acids is 1. The lowest BCUT2D eigenvalue weighted by atomic mass is 10.0. The van der Waals surface area contributed by atoms with Gasteiger partial charge in [0, 0.05) is 0 Å². The summed E-state index contributed by atoms with van der Waals surface area (Å²) >= 11 is 0. The molecule has 1 aromatic rings. The van der Waals surface area contributed by atoms with E-state index in [9.17, 15) is 36.2 Å². The van der Waals surface area contributed by atoms with Crippen molar-refractivity contribution in [2.75, 3.05) is 6.61 Å². The lowest BCUT2D eigenvalue weighted by Crippen LogP contribution is -2.37. The topological polar surface area (TPSA) is 46.5 Å². The number of alkyl halides is 5. The maximum atomic E-state index is 13.5. The first kappa shape index (κ1) is 17.3. The monoisotopic (exact) mass is 316 g/mol. The second kappa shape index (κ2) is 5.92. The summed E-state index contributed by atoms with van der Waals surface area (Å²) < 4.78 is 81.5. The van der Waals surface area contributed by atoms with E-state index >= 15 is 0 Å². The summed E-state index contributed by atoms with van der Waals surface area (Å²) in [4.78, 5) is 11.0. The maximum Gasteiger partial charge on any atom is 0.419 e. The van der Waals surface area contributed by atoms with Gasteiger partial charge in [-0.1, -0.05) is 6.07 Å². The molecule has 118 valence electrons. The molecule has 0 saturated heterocycles. The van der Waals surface area contributed by atoms with E-state index in [0.717, 1.165) is 0 Å². The molecule has 0 radical (unpaired) electrons. The molecule has 1 aromatic carbocycles. The summed E-state index contributed by atoms with van der Waals surface area (Å²) in [5.74, 6) is -8.23. The molecule has 0 spiro atoms. The SMILES string of the molecule is CCOC(=O)C(F)(F)C(O)c1ccc(F)c(C(F)(F)F)c1. The first-order valence-corrected chi connectivity index (χ1v) is 5.61. The van der Waals surface area contributed by atoms with Crippen LogP contribution in [-0.2, 0) is 15.7 Å². The number of hydrogen-bond acceptors (Lipinski definition) is 3. The molecule has 0 aliphatic rings. The van der Waals surface area contributed by atoms with Gasteiger partial charge >= 0.3 is 18.1 Å². The van der Waals surface area contributed by atoms with E-state index < -0.39 is 47.7 Å². The zero-order valence-corrected chi connectivity index (χ0v) is 10.5. The van der Waals surface area contributed by atoms with E-state index in [1.807, 2.05) is 0 Å². The molecule has 0 heterocycles. The number of halogens is 6. The minimum atomic E-state index is -5.13. The van der Waals surface area contributed by atoms with Crippen molar-refractivity contribution in [1.82, 2.24) is 0 Å². The molecule has 1 rings (SSSR count). The van der Waals surface area contributed by atoms with E-state index in [2.05, 4.69) is 4.74 Å². The Labute approximate surface area is 115 Å². The van der Waals surface area contributed by atoms with E-state index in [4.69, 9.17) is 0 Å². The molecule has 1 N–H and O–H groups in total. The van der Waals surface area contributed by atoms with Crippen molar-refractivity contribution in [2.24, 2.45) is 0 Å². The van der Waals surface area contributed by atoms with E-state index in [1.54, 1.807) is 0 Å². The third-order valence-corrected chi connectivity index (χ3v) is 2.50. The van der Waals surface area contributed by atoms with Crippen molar-refractivity contribution in [3.05, 3.63) is 35.1 Å². The van der Waals surface area contributed by atoms with Crippen LogP contribution in [0, 0.1) is 5.82 Å². The molecular weight excluding hydrogens is 306 g/mol. The second-order valence-corrected chi connectivity index (χ2v) is 3.98. The number of esters is 1. The minimum absolute atomic E-state index is 0.0210. The lowest BCUT2D eigenvalue weighted by Gasteiger charge is -2.21. The number of carbonyl (C=O) groups is 1. The third kappa shape index (κ3) is 3.66. The standard InChI is InChI=1S/C12H10F6O3/c1-2-21-10(20)11(14,15)9(19)6-3-4-8(13)7(5-6)12(16,17)18/h3-5,9,19H,2H2,1H3. The molecule has 1 unspecified atom stereocenters. The molecule has 0 aromatic heterocycles. The smallest absolute Gasteiger partial charge is 0.419 e. The molecule has 9 heteroatoms. The fraction of sp³-hybridized carbons (Fsp3) is 0.417. The zero-order valence-electron chi connectivity index (χ0n) is 10.5. The van der Waals surface area contributed by atoms with E-state index in [1.165, 1.54) is 6.92 Å². The van der Waals surface area contributed by atoms with Gasteiger partial charge in [-0.15, -0.1) is 0 Å². The number of aliphatic hydroxyl groups excluding tert-OH is 1. The van der Waals surface area contributed by atoms with Crippen LogP contribution in [0.4, 0.5) is 26.3 Å². The Kier molecular flexibility index (Phi) is 4.87. The van der Waals surface area contributed by atoms with E-state index in [-0.39, 0.29) is 12.1 Å². The van der Waals surface area contributed by atoms with Gasteiger partial charge in [-0.05, 0) is 24.6 Å². The summed E-state index contributed by atoms with van der Waals surface area (Å²) in [7, 11) is 0. The first-order chi connectivity index (χ1) is 9.51. The number of benzene rings is 1. The van der Waals surface area contributed by atoms with Crippen LogP contribution in [0.15, 0.2) is 18.2 Å². The van der Waals surface area contributed by atoms with Crippen molar-refractivity contribution in [3.63, 3.8) is 0 Å². The Morgan fingerprint density at radius 3 is 2.33 bits per heavy atom. The number of ether oxygens (including phenoxy) is 1. The lowest BCUT2D eigenvalue weighted by molar-refractivity contribution is -0.189. The number of rotatable bonds is 4. The maximum absolute atomic E-state index is 13.5. The van der Waals surface area contributed by atoms with Gasteiger partial charge in [-0.3, -0.25) is 0 Å². The second-order valence-electron chi connectivity index (χ2n) is 3.98. The van der Waals surface area contributed by atoms with Crippen molar-refractivity contribution in [2.45, 2.75) is 25.1 Å². The molecular formula is C12H10F6O3. The predicted octanol–water partition coefficient (Wildman–Crippen LogP) is 3.08. The van der Waals surface area contributed by atoms with Crippen LogP contribution in [0.5, 0.6) is 0 Å². The third-order valence-electron chi connectivity index (χ3n) is 2.50. The van der Waals surface area contributed by atoms with Gasteiger partial charge < -0.3 is 9.84 Å². The van der Waals surface area contributed by atoms with Crippen molar-refractivity contribution in [3.8, 4) is 0 Å². The molecule has 3 nitrogen and oxygen atoms in total. The molecule has 0 aliphatic carbocycles. The van der Waals surface area contributed by atoms with Crippen LogP contribution in [0.25, 0.3) is 0 Å². The summed E-state index contributed by atoms with van der Waals surface area (Å²) in [5.41, 5.74) is -2.78. The van der Waals surface area contributed by atoms with Crippen LogP contribution in [0.2, 0.25) is 0 Å². The van der Waals surface area contributed by atoms with Crippen LogP contribution < -0.4 is 0 Å². The Bertz CT molecular complexity index is 526. The normalized spacial score (nSPS) is 13.9. The van der Waals surface area contributed by atoms with Gasteiger partial charge in [0.1, 0.15) is 5.82 Å². The molecule has 1 atom stereocenters. The van der Waals surface area contributed by atoms with Crippen molar-refractivity contribution >= 4 is 5.97 Å². The fourth-order valence-electron chi connectivity index (χ4n) is 1.48. The average molecular weight is 316 g/mol. The molecule has 0 saturated carbocycles. The Morgan fingerprint density at radius 2 is 1.86 bits per heavy atom. The highest BCUT2D eigenvalue weighted by molar-refractivity contribution is 5.78. The van der Waals surface area contributed by atoms with E-state index in [0.29, 0.717) is 6.07 Å². The molecule has 0 fully saturated rings. The van der Waals surface area contributed by atoms with Gasteiger partial charge in [0.15, 0.2) is 6.10 Å². The summed E-state index contributed by atoms with van der Waals surface area (Å²) in [5, 5.41) is 9.39. The van der Waals surface area contributed by atoms with Crippen LogP contribution in [-0.4, -0.2) is 23.6 Å². The Balaban J connectivity index is 3.19. The van der Waals surface area contributed by atoms with Gasteiger partial charge in [0.05, 0.1) is 12.2 Å². The number of hydrogen-bond donors (Lipinski definition) is 1. The van der Waals surface area contributed by atoms with Crippen molar-refractivity contribution < 1.29 is 41.0 Å². The van der Waals surface area contributed by atoms with Crippen LogP contribution in [0.1, 0.15) is 24.2 Å². The first-order valence-electron chi connectivity index (χ1n) is 5.61. The van der Waals surface area contributed by atoms with Gasteiger partial charge in [0.2, 0.25) is 0 Å². The Hall–Kier alpha value is -1.77. The van der Waals surface area contributed by atoms with Gasteiger partial charge in [0.25, 0.3) is 0 Å². The fourth-order valence-corrected chi connectivity index (χ4v) is 1.48. The summed E-state index contributed by atoms with van der Waals surface area (Å²) in [6.07, 6.45) is -8.02. The zero-order chi connectivity index (χ0) is 16.4. The van der Waals surface area contributed by atoms with Gasteiger partial charge in [-0.25, -0.2) is 9.18 Å². The summed E-state index contributed by atoms with van der Waals surface area (Å²) in [6.45, 7) is 0.832. The Morgan fingerprint density at radius 1 is 1.29 bits per heavy atom. The summed E-state index contributed by atoms with van der Waals surface area (Å²) in [6, 6.07) is 0.831. The molecule has 0 bridgehead atoms. The highest BCUT2D eigenvalue weighted by Gasteiger charge is 2.49. The largest absolute Gasteiger partial charge is 0.461 e. The average Bonchev–Trinajstić information content (AvgIpc) is 2.37. The minimum Gasteiger partial charge on any atom is -0.461 e. The van der Waals surface area contributed by atoms with Crippen LogP contribution >= 0.6 is 0 Å². The highest BCUT2D eigenvalue weighted by Crippen LogP contribution is 2.37. The van der Waals surface area contributed by atoms with Crippen molar-refractivity contribution in [1.29, 1.82) is 0 Å². The quantitative estimate of drug-likeness (QED) is 0.686. The molecule has 0 amide bonds. The predicted molar refractivity (Wildman–Crippen MR) is 57.9 cm³/mol. The van der Waals surface area contributed by atoms with Crippen LogP contribution in [0.3, 0.4) is 0 Å². The molecule has 0 aliphatic heterocycles. The molecule has 21 heavy (non-hydrogen) atoms.